The summed E-state index contributed by atoms with van der Waals surface area (Å²) >= 11 is 0. The summed E-state index contributed by atoms with van der Waals surface area (Å²) in [6, 6.07) is 0. The minimum absolute atomic E-state index is 0. The molecule has 0 unspecified atom stereocenters. The van der Waals surface area contributed by atoms with E-state index in [-0.39, 0.29) is 84.4 Å². The van der Waals surface area contributed by atoms with Crippen LogP contribution in [0.1, 0.15) is 6.92 Å². The molecule has 0 fully saturated rings. The molecule has 0 aromatic heterocycles. The molecule has 0 atom stereocenters. The minimum atomic E-state index is -0.0770. The van der Waals surface area contributed by atoms with Gasteiger partial charge in [0, 0.05) is 72.0 Å². The van der Waals surface area contributed by atoms with Crippen molar-refractivity contribution in [3.63, 3.8) is 0 Å². The van der Waals surface area contributed by atoms with E-state index in [4.69, 9.17) is 4.74 Å². The van der Waals surface area contributed by atoms with Crippen molar-refractivity contribution in [1.82, 2.24) is 0 Å². The van der Waals surface area contributed by atoms with Crippen LogP contribution < -0.4 is 0 Å². The van der Waals surface area contributed by atoms with Crippen LogP contribution in [0.3, 0.4) is 0 Å². The average molecular weight is 309 g/mol. The molecule has 5 heteroatoms. The van der Waals surface area contributed by atoms with Gasteiger partial charge in [0.2, 0.25) is 0 Å². The van der Waals surface area contributed by atoms with Gasteiger partial charge in [0.25, 0.3) is 0 Å². The van der Waals surface area contributed by atoms with Crippen molar-refractivity contribution in [1.29, 1.82) is 0 Å². The molecule has 0 N–H and O–H groups in total. The largest absolute Gasteiger partial charge is 0.550 e. The van der Waals surface area contributed by atoms with Crippen molar-refractivity contribution in [2.75, 3.05) is 19.8 Å². The van der Waals surface area contributed by atoms with Gasteiger partial charge in [0.15, 0.2) is 5.78 Å². The predicted octanol–water partition coefficient (Wildman–Crippen LogP) is 0.395. The summed E-state index contributed by atoms with van der Waals surface area (Å²) in [4.78, 5) is 10.5. The van der Waals surface area contributed by atoms with Gasteiger partial charge in [-0.1, -0.05) is 0 Å². The Morgan fingerprint density at radius 2 is 1.91 bits per heavy atom. The zero-order chi connectivity index (χ0) is 7.11. The summed E-state index contributed by atoms with van der Waals surface area (Å²) < 4.78 is 9.11. The van der Waals surface area contributed by atoms with Gasteiger partial charge in [-0.15, -0.1) is 0 Å². The first-order valence-electron chi connectivity index (χ1n) is 2.77. The van der Waals surface area contributed by atoms with Gasteiger partial charge in [-0.25, -0.2) is 7.11 Å². The van der Waals surface area contributed by atoms with E-state index in [1.165, 1.54) is 0 Å². The molecule has 0 saturated carbocycles. The fraction of sp³-hybridized carbons (Fsp3) is 0.667. The van der Waals surface area contributed by atoms with Gasteiger partial charge in [-0.2, -0.15) is 0 Å². The van der Waals surface area contributed by atoms with Gasteiger partial charge in [0.05, 0.1) is 6.61 Å². The molecule has 0 aromatic rings. The van der Waals surface area contributed by atoms with Gasteiger partial charge in [0.1, 0.15) is 6.61 Å². The smallest absolute Gasteiger partial charge is 0.180 e. The molecule has 0 aliphatic heterocycles. The van der Waals surface area contributed by atoms with Crippen LogP contribution in [-0.4, -0.2) is 25.6 Å². The van der Waals surface area contributed by atoms with Gasteiger partial charge < -0.3 is 9.47 Å². The minimum Gasteiger partial charge on any atom is -0.550 e. The molecule has 11 heavy (non-hydrogen) atoms. The SMILES string of the molecule is [CH2-]OCC(=O)COCC.[Y].[Y]. The number of ketones is 1. The number of hydrogen-bond acceptors (Lipinski definition) is 3. The van der Waals surface area contributed by atoms with E-state index in [9.17, 15) is 4.79 Å². The summed E-state index contributed by atoms with van der Waals surface area (Å²) in [5.74, 6) is -0.0770. The molecular weight excluding hydrogens is 298 g/mol. The summed E-state index contributed by atoms with van der Waals surface area (Å²) in [6.07, 6.45) is 0. The molecule has 0 saturated heterocycles. The molecule has 0 heterocycles. The molecular formula is C6H11O3Y2-. The fourth-order valence-electron chi connectivity index (χ4n) is 0.371. The number of carbonyl (C=O) groups is 1. The second-order valence-corrected chi connectivity index (χ2v) is 1.52. The Balaban J connectivity index is -0.000000320. The van der Waals surface area contributed by atoms with Crippen molar-refractivity contribution in [3.8, 4) is 0 Å². The first-order valence-corrected chi connectivity index (χ1v) is 2.77. The molecule has 0 amide bonds. The van der Waals surface area contributed by atoms with Crippen molar-refractivity contribution < 1.29 is 79.7 Å². The van der Waals surface area contributed by atoms with E-state index in [1.807, 2.05) is 6.92 Å². The van der Waals surface area contributed by atoms with E-state index >= 15 is 0 Å². The van der Waals surface area contributed by atoms with Gasteiger partial charge >= 0.3 is 0 Å². The Bertz CT molecular complexity index is 87.9. The number of hydrogen-bond donors (Lipinski definition) is 0. The zero-order valence-corrected chi connectivity index (χ0v) is 12.4. The number of ether oxygens (including phenoxy) is 2. The molecule has 0 bridgehead atoms. The Morgan fingerprint density at radius 1 is 1.36 bits per heavy atom. The van der Waals surface area contributed by atoms with Crippen molar-refractivity contribution >= 4 is 5.78 Å². The molecule has 0 aliphatic rings. The number of rotatable bonds is 5. The van der Waals surface area contributed by atoms with Crippen molar-refractivity contribution in [2.24, 2.45) is 0 Å². The molecule has 0 spiro atoms. The first kappa shape index (κ1) is 18.6. The summed E-state index contributed by atoms with van der Waals surface area (Å²) in [6.45, 7) is 2.56. The Kier molecular flexibility index (Phi) is 24.2. The topological polar surface area (TPSA) is 35.5 Å². The number of carbonyl (C=O) groups excluding carboxylic acids is 1. The van der Waals surface area contributed by atoms with Crippen LogP contribution in [0, 0.1) is 7.11 Å². The van der Waals surface area contributed by atoms with Crippen LogP contribution in [0.5, 0.6) is 0 Å². The standard InChI is InChI=1S/C6H11O3.2Y/c1-3-9-5-6(7)4-8-2;;/h2-5H2,1H3;;/q-1;;. The van der Waals surface area contributed by atoms with E-state index < -0.39 is 0 Å². The molecule has 0 aromatic carbocycles. The summed E-state index contributed by atoms with van der Waals surface area (Å²) in [5.41, 5.74) is 0. The summed E-state index contributed by atoms with van der Waals surface area (Å²) in [5, 5.41) is 0. The molecule has 3 nitrogen and oxygen atoms in total. The van der Waals surface area contributed by atoms with Crippen LogP contribution in [0.4, 0.5) is 0 Å². The maximum atomic E-state index is 10.5. The Morgan fingerprint density at radius 3 is 2.27 bits per heavy atom. The maximum Gasteiger partial charge on any atom is 0.180 e. The fourth-order valence-corrected chi connectivity index (χ4v) is 0.371. The van der Waals surface area contributed by atoms with E-state index in [1.54, 1.807) is 0 Å². The Hall–Kier alpha value is 1.80. The van der Waals surface area contributed by atoms with Crippen LogP contribution in [0.15, 0.2) is 0 Å². The second-order valence-electron chi connectivity index (χ2n) is 1.52. The van der Waals surface area contributed by atoms with E-state index in [0.717, 1.165) is 0 Å². The third kappa shape index (κ3) is 14.6. The third-order valence-electron chi connectivity index (χ3n) is 0.730. The number of Topliss-reactive ketones (excluding diaryl/α,β-unsaturated/α-hetero) is 1. The van der Waals surface area contributed by atoms with Crippen LogP contribution in [-0.2, 0) is 79.7 Å². The maximum absolute atomic E-state index is 10.5. The van der Waals surface area contributed by atoms with E-state index in [2.05, 4.69) is 11.8 Å². The monoisotopic (exact) mass is 309 g/mol. The second kappa shape index (κ2) is 14.3. The van der Waals surface area contributed by atoms with Crippen LogP contribution in [0.2, 0.25) is 0 Å². The van der Waals surface area contributed by atoms with Crippen LogP contribution >= 0.6 is 0 Å². The normalized spacial score (nSPS) is 7.82. The first-order chi connectivity index (χ1) is 4.31. The van der Waals surface area contributed by atoms with Crippen molar-refractivity contribution in [3.05, 3.63) is 7.11 Å². The van der Waals surface area contributed by atoms with Gasteiger partial charge in [-0.3, -0.25) is 4.79 Å². The quantitative estimate of drug-likeness (QED) is 0.690. The van der Waals surface area contributed by atoms with E-state index in [0.29, 0.717) is 6.61 Å². The third-order valence-corrected chi connectivity index (χ3v) is 0.730. The van der Waals surface area contributed by atoms with Crippen LogP contribution in [0.25, 0.3) is 0 Å². The Labute approximate surface area is 118 Å². The summed E-state index contributed by atoms with van der Waals surface area (Å²) in [7, 11) is 3.06. The molecule has 0 aliphatic carbocycles. The zero-order valence-electron chi connectivity index (χ0n) is 6.71. The average Bonchev–Trinajstić information content (AvgIpc) is 1.85. The molecule has 0 rings (SSSR count). The molecule has 2 radical (unpaired) electrons. The predicted molar refractivity (Wildman–Crippen MR) is 32.8 cm³/mol. The van der Waals surface area contributed by atoms with Crippen molar-refractivity contribution in [2.45, 2.75) is 6.92 Å². The van der Waals surface area contributed by atoms with Gasteiger partial charge in [-0.05, 0) is 6.92 Å². The molecule has 60 valence electrons.